The summed E-state index contributed by atoms with van der Waals surface area (Å²) in [5, 5.41) is 12.8. The van der Waals surface area contributed by atoms with E-state index in [1.807, 2.05) is 19.6 Å². The zero-order valence-electron chi connectivity index (χ0n) is 23.1. The number of hydrogen-bond acceptors (Lipinski definition) is 14. The summed E-state index contributed by atoms with van der Waals surface area (Å²) < 4.78 is 20.0. The van der Waals surface area contributed by atoms with Crippen LogP contribution in [0.3, 0.4) is 0 Å². The Bertz CT molecular complexity index is 825. The third-order valence-electron chi connectivity index (χ3n) is 6.88. The Kier molecular flexibility index (Phi) is 13.5. The molecule has 0 bridgehead atoms. The quantitative estimate of drug-likeness (QED) is 0.218. The molecule has 0 saturated carbocycles. The van der Waals surface area contributed by atoms with Gasteiger partial charge >= 0.3 is 29.8 Å². The van der Waals surface area contributed by atoms with Gasteiger partial charge in [0.15, 0.2) is 0 Å². The molecule has 0 aromatic heterocycles. The summed E-state index contributed by atoms with van der Waals surface area (Å²) in [6.45, 7) is 4.60. The van der Waals surface area contributed by atoms with Gasteiger partial charge in [-0.3, -0.25) is 48.9 Å². The molecule has 0 unspecified atom stereocenters. The van der Waals surface area contributed by atoms with Gasteiger partial charge in [-0.2, -0.15) is 0 Å². The minimum absolute atomic E-state index is 0.00349. The first-order valence-corrected chi connectivity index (χ1v) is 12.8. The molecule has 2 aliphatic rings. The zero-order valence-corrected chi connectivity index (χ0v) is 23.1. The highest BCUT2D eigenvalue weighted by atomic mass is 16.5. The van der Waals surface area contributed by atoms with Crippen molar-refractivity contribution < 1.29 is 48.0 Å². The predicted molar refractivity (Wildman–Crippen MR) is 136 cm³/mol. The lowest BCUT2D eigenvalue weighted by molar-refractivity contribution is -0.151. The molecule has 15 heteroatoms. The summed E-state index contributed by atoms with van der Waals surface area (Å²) >= 11 is 0. The fourth-order valence-corrected chi connectivity index (χ4v) is 4.77. The second kappa shape index (κ2) is 16.3. The van der Waals surface area contributed by atoms with Crippen LogP contribution < -0.4 is 5.32 Å². The molecule has 3 atom stereocenters. The van der Waals surface area contributed by atoms with E-state index in [0.717, 1.165) is 0 Å². The van der Waals surface area contributed by atoms with E-state index in [-0.39, 0.29) is 26.2 Å². The maximum absolute atomic E-state index is 12.1. The molecule has 0 aliphatic carbocycles. The van der Waals surface area contributed by atoms with Gasteiger partial charge in [0.1, 0.15) is 12.1 Å². The normalized spacial score (nSPS) is 24.7. The van der Waals surface area contributed by atoms with E-state index in [1.165, 1.54) is 28.3 Å². The van der Waals surface area contributed by atoms with Crippen molar-refractivity contribution in [2.24, 2.45) is 0 Å². The van der Waals surface area contributed by atoms with E-state index in [2.05, 4.69) is 5.32 Å². The van der Waals surface area contributed by atoms with E-state index in [0.29, 0.717) is 52.4 Å². The summed E-state index contributed by atoms with van der Waals surface area (Å²) in [4.78, 5) is 67.7. The molecule has 15 nitrogen and oxygen atoms in total. The van der Waals surface area contributed by atoms with E-state index in [4.69, 9.17) is 18.9 Å². The first-order chi connectivity index (χ1) is 18.6. The second-order valence-corrected chi connectivity index (χ2v) is 9.46. The molecule has 39 heavy (non-hydrogen) atoms. The third-order valence-corrected chi connectivity index (χ3v) is 6.88. The molecule has 2 heterocycles. The fourth-order valence-electron chi connectivity index (χ4n) is 4.77. The topological polar surface area (TPSA) is 167 Å². The van der Waals surface area contributed by atoms with Crippen molar-refractivity contribution in [1.29, 1.82) is 0 Å². The molecule has 0 amide bonds. The molecule has 2 aliphatic heterocycles. The van der Waals surface area contributed by atoms with Crippen LogP contribution in [0.5, 0.6) is 0 Å². The first-order valence-electron chi connectivity index (χ1n) is 12.8. The van der Waals surface area contributed by atoms with Crippen molar-refractivity contribution in [3.63, 3.8) is 0 Å². The lowest BCUT2D eigenvalue weighted by atomic mass is 10.0. The molecule has 2 saturated heterocycles. The largest absolute Gasteiger partial charge is 0.480 e. The van der Waals surface area contributed by atoms with Crippen molar-refractivity contribution in [1.82, 2.24) is 24.9 Å². The molecule has 2 N–H and O–H groups in total. The maximum Gasteiger partial charge on any atom is 0.322 e. The fraction of sp³-hybridized carbons (Fsp3) is 0.792. The van der Waals surface area contributed by atoms with Crippen LogP contribution in [-0.4, -0.2) is 173 Å². The molecule has 222 valence electrons. The van der Waals surface area contributed by atoms with E-state index in [9.17, 15) is 29.1 Å². The lowest BCUT2D eigenvalue weighted by Gasteiger charge is -2.38. The number of hydrogen-bond donors (Lipinski definition) is 2. The van der Waals surface area contributed by atoms with Crippen molar-refractivity contribution >= 4 is 29.8 Å². The van der Waals surface area contributed by atoms with Gasteiger partial charge in [-0.15, -0.1) is 0 Å². The molecule has 2 rings (SSSR count). The molecule has 0 radical (unpaired) electrons. The predicted octanol–water partition coefficient (Wildman–Crippen LogP) is -2.92. The first kappa shape index (κ1) is 32.4. The minimum Gasteiger partial charge on any atom is -0.480 e. The SMILES string of the molecule is COC(=O)CN1CCN(CC(=O)OC)CCN([C@@H]2[C@@H](OC(C)=O)CN[C@@H]2C(=O)O)CCN(CC(=O)OC)CC1. The molecule has 0 spiro atoms. The average molecular weight is 560 g/mol. The summed E-state index contributed by atoms with van der Waals surface area (Å²) in [6, 6.07) is -1.66. The molecular formula is C24H41N5O10. The van der Waals surface area contributed by atoms with Gasteiger partial charge < -0.3 is 24.1 Å². The van der Waals surface area contributed by atoms with Gasteiger partial charge in [0.2, 0.25) is 0 Å². The minimum atomic E-state index is -1.07. The Morgan fingerprint density at radius 2 is 1.10 bits per heavy atom. The van der Waals surface area contributed by atoms with Gasteiger partial charge in [0.25, 0.3) is 0 Å². The van der Waals surface area contributed by atoms with Crippen LogP contribution in [0.25, 0.3) is 0 Å². The number of esters is 4. The summed E-state index contributed by atoms with van der Waals surface area (Å²) in [5.41, 5.74) is 0. The van der Waals surface area contributed by atoms with Gasteiger partial charge in [-0.25, -0.2) is 0 Å². The molecule has 0 aromatic rings. The summed E-state index contributed by atoms with van der Waals surface area (Å²) in [6.07, 6.45) is -0.699. The summed E-state index contributed by atoms with van der Waals surface area (Å²) in [5.74, 6) is -2.85. The number of methoxy groups -OCH3 is 3. The van der Waals surface area contributed by atoms with Gasteiger partial charge in [-0.1, -0.05) is 0 Å². The highest BCUT2D eigenvalue weighted by Gasteiger charge is 2.45. The Balaban J connectivity index is 2.35. The number of ether oxygens (including phenoxy) is 4. The number of nitrogens with one attached hydrogen (secondary N) is 1. The van der Waals surface area contributed by atoms with Gasteiger partial charge in [0.05, 0.1) is 47.0 Å². The Labute approximate surface area is 228 Å². The number of rotatable bonds is 9. The Morgan fingerprint density at radius 1 is 0.718 bits per heavy atom. The lowest BCUT2D eigenvalue weighted by Crippen LogP contribution is -2.56. The van der Waals surface area contributed by atoms with E-state index in [1.54, 1.807) is 0 Å². The number of carbonyl (C=O) groups is 5. The Hall–Kier alpha value is -2.85. The van der Waals surface area contributed by atoms with Crippen LogP contribution in [0, 0.1) is 0 Å². The molecule has 0 aromatic carbocycles. The summed E-state index contributed by atoms with van der Waals surface area (Å²) in [7, 11) is 3.91. The highest BCUT2D eigenvalue weighted by Crippen LogP contribution is 2.20. The van der Waals surface area contributed by atoms with Crippen molar-refractivity contribution in [3.8, 4) is 0 Å². The molecular weight excluding hydrogens is 518 g/mol. The zero-order chi connectivity index (χ0) is 28.9. The number of aliphatic carboxylic acids is 1. The van der Waals surface area contributed by atoms with Crippen LogP contribution in [-0.2, 0) is 42.9 Å². The number of carboxylic acid groups (broad SMARTS) is 1. The standard InChI is InChI=1S/C24H41N5O10/c1-17(30)39-18-13-25-22(24(34)35)23(18)29-11-9-27(15-20(32)37-3)7-5-26(14-19(31)36-2)6-8-28(10-12-29)16-21(33)38-4/h18,22-23,25H,5-16H2,1-4H3,(H,34,35)/t18-,22-,23+/m0/s1. The third kappa shape index (κ3) is 10.7. The Morgan fingerprint density at radius 3 is 1.44 bits per heavy atom. The smallest absolute Gasteiger partial charge is 0.322 e. The van der Waals surface area contributed by atoms with E-state index >= 15 is 0 Å². The second-order valence-electron chi connectivity index (χ2n) is 9.46. The number of carboxylic acids is 1. The monoisotopic (exact) mass is 559 g/mol. The van der Waals surface area contributed by atoms with Crippen molar-refractivity contribution in [2.45, 2.75) is 25.1 Å². The van der Waals surface area contributed by atoms with Crippen LogP contribution in [0.2, 0.25) is 0 Å². The number of carbonyl (C=O) groups excluding carboxylic acids is 4. The van der Waals surface area contributed by atoms with E-state index < -0.39 is 48.0 Å². The molecule has 2 fully saturated rings. The van der Waals surface area contributed by atoms with Crippen LogP contribution in [0.1, 0.15) is 6.92 Å². The number of nitrogens with zero attached hydrogens (tertiary/aromatic N) is 4. The van der Waals surface area contributed by atoms with Crippen LogP contribution >= 0.6 is 0 Å². The van der Waals surface area contributed by atoms with Gasteiger partial charge in [0, 0.05) is 65.8 Å². The highest BCUT2D eigenvalue weighted by molar-refractivity contribution is 5.76. The maximum atomic E-state index is 12.1. The average Bonchev–Trinajstić information content (AvgIpc) is 3.30. The van der Waals surface area contributed by atoms with Crippen molar-refractivity contribution in [2.75, 3.05) is 99.9 Å². The van der Waals surface area contributed by atoms with Crippen LogP contribution in [0.15, 0.2) is 0 Å². The van der Waals surface area contributed by atoms with Crippen LogP contribution in [0.4, 0.5) is 0 Å². The van der Waals surface area contributed by atoms with Gasteiger partial charge in [-0.05, 0) is 0 Å². The van der Waals surface area contributed by atoms with Crippen molar-refractivity contribution in [3.05, 3.63) is 0 Å².